The van der Waals surface area contributed by atoms with Gasteiger partial charge in [0.2, 0.25) is 0 Å². The van der Waals surface area contributed by atoms with E-state index in [1.165, 1.54) is 12.1 Å². The van der Waals surface area contributed by atoms with Crippen LogP contribution in [0.4, 0.5) is 17.1 Å². The number of nitro groups is 2. The summed E-state index contributed by atoms with van der Waals surface area (Å²) in [4.78, 5) is 21.5. The van der Waals surface area contributed by atoms with Crippen LogP contribution in [0.3, 0.4) is 0 Å². The first kappa shape index (κ1) is 29.6. The van der Waals surface area contributed by atoms with Crippen molar-refractivity contribution in [1.29, 1.82) is 0 Å². The monoisotopic (exact) mass is 555 g/mol. The minimum Gasteiger partial charge on any atom is -0.414 e. The molecule has 0 unspecified atom stereocenters. The molecule has 0 bridgehead atoms. The summed E-state index contributed by atoms with van der Waals surface area (Å²) in [6, 6.07) is 2.91. The molecule has 0 radical (unpaired) electrons. The molecule has 1 aliphatic heterocycles. The van der Waals surface area contributed by atoms with Gasteiger partial charge in [0.1, 0.15) is 5.69 Å². The highest BCUT2D eigenvalue weighted by atomic mass is 28.5. The Kier molecular flexibility index (Phi) is 8.87. The molecule has 4 atom stereocenters. The Bertz CT molecular complexity index is 990. The Morgan fingerprint density at radius 2 is 1.51 bits per heavy atom. The number of rotatable bonds is 8. The normalized spacial score (nSPS) is 27.3. The number of aliphatic hydroxyl groups is 1. The zero-order valence-corrected chi connectivity index (χ0v) is 25.0. The molecule has 1 aromatic rings. The SMILES string of the molecule is CC(C)[Si]1(C(C)C)OC[C@H]2C[C@@H](Nc3ccc([N+](=O)[O-])cc3[N+](=O)[O-])[C@@H](O)[C@@H]2O[Si](C(C)C)(C(C)C)O1. The van der Waals surface area contributed by atoms with Gasteiger partial charge in [-0.3, -0.25) is 20.2 Å². The summed E-state index contributed by atoms with van der Waals surface area (Å²) in [5.74, 6) is -0.137. The summed E-state index contributed by atoms with van der Waals surface area (Å²) in [6.45, 7) is 17.4. The van der Waals surface area contributed by atoms with Gasteiger partial charge >= 0.3 is 17.1 Å². The predicted molar refractivity (Wildman–Crippen MR) is 145 cm³/mol. The number of hydrogen-bond acceptors (Lipinski definition) is 9. The molecule has 1 aliphatic carbocycles. The van der Waals surface area contributed by atoms with Gasteiger partial charge in [-0.15, -0.1) is 0 Å². The average molecular weight is 556 g/mol. The van der Waals surface area contributed by atoms with Crippen LogP contribution in [0, 0.1) is 26.1 Å². The maximum atomic E-state index is 11.7. The van der Waals surface area contributed by atoms with E-state index in [1.54, 1.807) is 0 Å². The summed E-state index contributed by atoms with van der Waals surface area (Å²) in [6.07, 6.45) is -1.05. The van der Waals surface area contributed by atoms with Crippen LogP contribution in [0.1, 0.15) is 61.8 Å². The van der Waals surface area contributed by atoms with Crippen molar-refractivity contribution in [3.63, 3.8) is 0 Å². The highest BCUT2D eigenvalue weighted by Crippen LogP contribution is 2.49. The van der Waals surface area contributed by atoms with Crippen LogP contribution in [0.2, 0.25) is 22.2 Å². The molecule has 0 aromatic heterocycles. The van der Waals surface area contributed by atoms with Crippen LogP contribution < -0.4 is 5.32 Å². The topological polar surface area (TPSA) is 146 Å². The minimum absolute atomic E-state index is 0.106. The number of nitrogens with zero attached hydrogens (tertiary/aromatic N) is 2. The van der Waals surface area contributed by atoms with Crippen LogP contribution in [-0.4, -0.2) is 56.9 Å². The fourth-order valence-corrected chi connectivity index (χ4v) is 17.2. The molecular weight excluding hydrogens is 514 g/mol. The highest BCUT2D eigenvalue weighted by molar-refractivity contribution is 6.83. The lowest BCUT2D eigenvalue weighted by Gasteiger charge is -2.51. The Labute approximate surface area is 220 Å². The third-order valence-electron chi connectivity index (χ3n) is 7.88. The second-order valence-corrected chi connectivity index (χ2v) is 20.4. The van der Waals surface area contributed by atoms with Crippen molar-refractivity contribution in [1.82, 2.24) is 0 Å². The highest BCUT2D eigenvalue weighted by Gasteiger charge is 2.61. The summed E-state index contributed by atoms with van der Waals surface area (Å²) >= 11 is 0. The molecule has 37 heavy (non-hydrogen) atoms. The van der Waals surface area contributed by atoms with Crippen LogP contribution >= 0.6 is 0 Å². The van der Waals surface area contributed by atoms with Crippen LogP contribution in [0.15, 0.2) is 18.2 Å². The first-order valence-electron chi connectivity index (χ1n) is 13.1. The number of aliphatic hydroxyl groups excluding tert-OH is 1. The van der Waals surface area contributed by atoms with E-state index in [0.717, 1.165) is 6.07 Å². The molecule has 11 nitrogen and oxygen atoms in total. The molecule has 13 heteroatoms. The lowest BCUT2D eigenvalue weighted by molar-refractivity contribution is -0.393. The van der Waals surface area contributed by atoms with Crippen LogP contribution in [-0.2, 0) is 13.0 Å². The maximum Gasteiger partial charge on any atom is 0.335 e. The number of fused-ring (bicyclic) bond motifs is 1. The number of non-ortho nitro benzene ring substituents is 1. The zero-order chi connectivity index (χ0) is 27.9. The van der Waals surface area contributed by atoms with E-state index in [0.29, 0.717) is 13.0 Å². The van der Waals surface area contributed by atoms with Crippen LogP contribution in [0.5, 0.6) is 0 Å². The van der Waals surface area contributed by atoms with Crippen molar-refractivity contribution in [2.24, 2.45) is 5.92 Å². The fourth-order valence-electron chi connectivity index (χ4n) is 5.85. The van der Waals surface area contributed by atoms with Crippen molar-refractivity contribution >= 4 is 34.2 Å². The number of nitro benzene ring substituents is 2. The van der Waals surface area contributed by atoms with E-state index in [2.05, 4.69) is 60.7 Å². The third-order valence-corrected chi connectivity index (χ3v) is 18.1. The lowest BCUT2D eigenvalue weighted by atomic mass is 10.1. The van der Waals surface area contributed by atoms with Gasteiger partial charge in [-0.2, -0.15) is 0 Å². The molecule has 1 saturated heterocycles. The summed E-state index contributed by atoms with van der Waals surface area (Å²) < 4.78 is 20.9. The van der Waals surface area contributed by atoms with E-state index >= 15 is 0 Å². The van der Waals surface area contributed by atoms with Crippen molar-refractivity contribution in [3.05, 3.63) is 38.4 Å². The predicted octanol–water partition coefficient (Wildman–Crippen LogP) is 5.62. The average Bonchev–Trinajstić information content (AvgIpc) is 3.06. The Morgan fingerprint density at radius 3 is 2.00 bits per heavy atom. The maximum absolute atomic E-state index is 11.7. The Morgan fingerprint density at radius 1 is 0.946 bits per heavy atom. The standard InChI is InChI=1S/C24H41N3O8Si2/c1-14(2)36(15(3)4)33-13-18-11-21(23(28)24(18)34-37(35-36,16(5)6)17(7)8)25-20-10-9-19(26(29)30)12-22(20)27(31)32/h9-10,12,14-18,21,23-25,28H,11,13H2,1-8H3/t18-,21-,23-,24-/m1/s1. The quantitative estimate of drug-likeness (QED) is 0.237. The second kappa shape index (κ2) is 11.1. The molecule has 3 rings (SSSR count). The number of nitrogens with one attached hydrogen (secondary N) is 1. The molecule has 2 N–H and O–H groups in total. The Hall–Kier alpha value is -1.91. The largest absolute Gasteiger partial charge is 0.414 e. The smallest absolute Gasteiger partial charge is 0.335 e. The van der Waals surface area contributed by atoms with Crippen molar-refractivity contribution in [3.8, 4) is 0 Å². The molecule has 2 aliphatic rings. The van der Waals surface area contributed by atoms with E-state index < -0.39 is 50.9 Å². The first-order chi connectivity index (χ1) is 17.2. The third kappa shape index (κ3) is 5.47. The summed E-state index contributed by atoms with van der Waals surface area (Å²) in [7, 11) is -5.63. The van der Waals surface area contributed by atoms with Gasteiger partial charge in [0, 0.05) is 18.6 Å². The Balaban J connectivity index is 1.99. The molecule has 0 amide bonds. The van der Waals surface area contributed by atoms with E-state index in [1.807, 2.05) is 0 Å². The number of hydrogen-bond donors (Lipinski definition) is 2. The molecule has 0 spiro atoms. The van der Waals surface area contributed by atoms with Gasteiger partial charge in [-0.25, -0.2) is 0 Å². The van der Waals surface area contributed by atoms with Gasteiger partial charge in [0.25, 0.3) is 11.4 Å². The van der Waals surface area contributed by atoms with E-state index in [-0.39, 0.29) is 39.5 Å². The fraction of sp³-hybridized carbons (Fsp3) is 0.750. The van der Waals surface area contributed by atoms with Gasteiger partial charge in [0.05, 0.1) is 34.2 Å². The molecule has 1 saturated carbocycles. The summed E-state index contributed by atoms with van der Waals surface area (Å²) in [5, 5.41) is 37.3. The minimum atomic E-state index is -2.91. The lowest BCUT2D eigenvalue weighted by Crippen LogP contribution is -2.65. The number of anilines is 1. The van der Waals surface area contributed by atoms with Crippen molar-refractivity contribution < 1.29 is 27.9 Å². The van der Waals surface area contributed by atoms with Crippen molar-refractivity contribution in [2.45, 2.75) is 102 Å². The molecule has 1 aromatic carbocycles. The summed E-state index contributed by atoms with van der Waals surface area (Å²) in [5.41, 5.74) is -0.0581. The first-order valence-corrected chi connectivity index (χ1v) is 17.0. The van der Waals surface area contributed by atoms with Gasteiger partial charge in [-0.1, -0.05) is 55.4 Å². The molecular formula is C24H41N3O8Si2. The molecule has 208 valence electrons. The zero-order valence-electron chi connectivity index (χ0n) is 23.0. The van der Waals surface area contributed by atoms with Crippen molar-refractivity contribution in [2.75, 3.05) is 11.9 Å². The van der Waals surface area contributed by atoms with E-state index in [4.69, 9.17) is 13.0 Å². The van der Waals surface area contributed by atoms with Gasteiger partial charge < -0.3 is 23.4 Å². The molecule has 2 fully saturated rings. The second-order valence-electron chi connectivity index (χ2n) is 11.5. The van der Waals surface area contributed by atoms with Gasteiger partial charge in [-0.05, 0) is 34.7 Å². The van der Waals surface area contributed by atoms with Crippen LogP contribution in [0.25, 0.3) is 0 Å². The van der Waals surface area contributed by atoms with E-state index in [9.17, 15) is 25.3 Å². The van der Waals surface area contributed by atoms with Gasteiger partial charge in [0.15, 0.2) is 0 Å². The number of benzene rings is 1. The molecule has 1 heterocycles.